The zero-order chi connectivity index (χ0) is 16.9. The first-order chi connectivity index (χ1) is 11.6. The van der Waals surface area contributed by atoms with Crippen LogP contribution in [0.3, 0.4) is 0 Å². The molecule has 0 radical (unpaired) electrons. The van der Waals surface area contributed by atoms with E-state index in [9.17, 15) is 9.18 Å². The molecular weight excluding hydrogens is 307 g/mol. The molecule has 5 heteroatoms. The predicted octanol–water partition coefficient (Wildman–Crippen LogP) is 3.53. The molecule has 0 spiro atoms. The van der Waals surface area contributed by atoms with Gasteiger partial charge in [-0.15, -0.1) is 0 Å². The Morgan fingerprint density at radius 1 is 1.38 bits per heavy atom. The average molecular weight is 328 g/mol. The van der Waals surface area contributed by atoms with Crippen molar-refractivity contribution in [2.24, 2.45) is 0 Å². The van der Waals surface area contributed by atoms with Gasteiger partial charge in [-0.05, 0) is 43.0 Å². The van der Waals surface area contributed by atoms with Gasteiger partial charge in [-0.3, -0.25) is 9.78 Å². The molecule has 0 bridgehead atoms. The van der Waals surface area contributed by atoms with E-state index in [1.54, 1.807) is 48.5 Å². The van der Waals surface area contributed by atoms with Crippen molar-refractivity contribution < 1.29 is 13.9 Å². The molecule has 1 aromatic carbocycles. The number of likely N-dealkylation sites (N-methyl/N-ethyl adjacent to an activating group) is 1. The van der Waals surface area contributed by atoms with Crippen LogP contribution in [0.4, 0.5) is 4.39 Å². The molecule has 4 nitrogen and oxygen atoms in total. The first-order valence-corrected chi connectivity index (χ1v) is 8.22. The first kappa shape index (κ1) is 16.6. The SMILES string of the molecule is CN(C[C@@H]1CCCCO1)C(=O)c1cccc(-c2ccncc2F)c1. The van der Waals surface area contributed by atoms with Crippen molar-refractivity contribution in [1.29, 1.82) is 0 Å². The van der Waals surface area contributed by atoms with Gasteiger partial charge in [0.1, 0.15) is 5.82 Å². The molecule has 0 aliphatic carbocycles. The maximum atomic E-state index is 13.9. The number of carbonyl (C=O) groups is 1. The normalized spacial score (nSPS) is 17.5. The van der Waals surface area contributed by atoms with Crippen molar-refractivity contribution in [2.45, 2.75) is 25.4 Å². The van der Waals surface area contributed by atoms with Crippen molar-refractivity contribution in [3.8, 4) is 11.1 Å². The zero-order valence-electron chi connectivity index (χ0n) is 13.7. The van der Waals surface area contributed by atoms with Crippen molar-refractivity contribution in [3.05, 3.63) is 54.1 Å². The lowest BCUT2D eigenvalue weighted by atomic mass is 10.0. The van der Waals surface area contributed by atoms with Crippen LogP contribution in [0, 0.1) is 5.82 Å². The first-order valence-electron chi connectivity index (χ1n) is 8.22. The Hall–Kier alpha value is -2.27. The molecule has 2 aromatic rings. The van der Waals surface area contributed by atoms with E-state index in [-0.39, 0.29) is 12.0 Å². The maximum Gasteiger partial charge on any atom is 0.253 e. The van der Waals surface area contributed by atoms with Crippen molar-refractivity contribution in [1.82, 2.24) is 9.88 Å². The molecule has 1 amide bonds. The Balaban J connectivity index is 1.75. The van der Waals surface area contributed by atoms with Crippen LogP contribution in [0.2, 0.25) is 0 Å². The van der Waals surface area contributed by atoms with Crippen molar-refractivity contribution in [2.75, 3.05) is 20.2 Å². The van der Waals surface area contributed by atoms with E-state index >= 15 is 0 Å². The molecule has 126 valence electrons. The predicted molar refractivity (Wildman–Crippen MR) is 90.2 cm³/mol. The quantitative estimate of drug-likeness (QED) is 0.862. The summed E-state index contributed by atoms with van der Waals surface area (Å²) in [5.41, 5.74) is 1.66. The Morgan fingerprint density at radius 3 is 3.00 bits per heavy atom. The zero-order valence-corrected chi connectivity index (χ0v) is 13.7. The van der Waals surface area contributed by atoms with Crippen LogP contribution >= 0.6 is 0 Å². The van der Waals surface area contributed by atoms with Crippen molar-refractivity contribution in [3.63, 3.8) is 0 Å². The minimum Gasteiger partial charge on any atom is -0.376 e. The van der Waals surface area contributed by atoms with Gasteiger partial charge in [-0.25, -0.2) is 4.39 Å². The second-order valence-corrected chi connectivity index (χ2v) is 6.11. The summed E-state index contributed by atoms with van der Waals surface area (Å²) in [5, 5.41) is 0. The number of hydrogen-bond acceptors (Lipinski definition) is 3. The highest BCUT2D eigenvalue weighted by Gasteiger charge is 2.20. The Kier molecular flexibility index (Phi) is 5.20. The number of amides is 1. The van der Waals surface area contributed by atoms with Crippen LogP contribution in [0.5, 0.6) is 0 Å². The molecule has 1 aromatic heterocycles. The molecule has 1 saturated heterocycles. The van der Waals surface area contributed by atoms with E-state index in [0.29, 0.717) is 23.2 Å². The van der Waals surface area contributed by atoms with Gasteiger partial charge < -0.3 is 9.64 Å². The number of halogens is 1. The van der Waals surface area contributed by atoms with Gasteiger partial charge in [0, 0.05) is 37.5 Å². The van der Waals surface area contributed by atoms with E-state index in [1.165, 1.54) is 6.20 Å². The van der Waals surface area contributed by atoms with E-state index in [4.69, 9.17) is 4.74 Å². The van der Waals surface area contributed by atoms with Crippen LogP contribution in [0.15, 0.2) is 42.7 Å². The molecule has 0 unspecified atom stereocenters. The van der Waals surface area contributed by atoms with Crippen LogP contribution in [-0.4, -0.2) is 42.1 Å². The van der Waals surface area contributed by atoms with Gasteiger partial charge in [-0.2, -0.15) is 0 Å². The summed E-state index contributed by atoms with van der Waals surface area (Å²) in [6, 6.07) is 8.65. The lowest BCUT2D eigenvalue weighted by Gasteiger charge is -2.27. The Morgan fingerprint density at radius 2 is 2.25 bits per heavy atom. The molecule has 0 N–H and O–H groups in total. The topological polar surface area (TPSA) is 42.4 Å². The van der Waals surface area contributed by atoms with Crippen LogP contribution in [0.1, 0.15) is 29.6 Å². The van der Waals surface area contributed by atoms with Gasteiger partial charge in [0.25, 0.3) is 5.91 Å². The second kappa shape index (κ2) is 7.53. The number of rotatable bonds is 4. The fourth-order valence-corrected chi connectivity index (χ4v) is 2.99. The number of benzene rings is 1. The van der Waals surface area contributed by atoms with Gasteiger partial charge in [0.15, 0.2) is 0 Å². The second-order valence-electron chi connectivity index (χ2n) is 6.11. The Bertz CT molecular complexity index is 714. The molecule has 1 aliphatic heterocycles. The average Bonchev–Trinajstić information content (AvgIpc) is 2.62. The number of pyridine rings is 1. The highest BCUT2D eigenvalue weighted by atomic mass is 19.1. The number of nitrogens with zero attached hydrogens (tertiary/aromatic N) is 2. The maximum absolute atomic E-state index is 13.9. The summed E-state index contributed by atoms with van der Waals surface area (Å²) in [4.78, 5) is 18.1. The summed E-state index contributed by atoms with van der Waals surface area (Å²) in [6.45, 7) is 1.34. The van der Waals surface area contributed by atoms with Gasteiger partial charge in [-0.1, -0.05) is 12.1 Å². The fourth-order valence-electron chi connectivity index (χ4n) is 2.99. The van der Waals surface area contributed by atoms with Crippen LogP contribution in [-0.2, 0) is 4.74 Å². The smallest absolute Gasteiger partial charge is 0.253 e. The fraction of sp³-hybridized carbons (Fsp3) is 0.368. The molecule has 0 saturated carbocycles. The lowest BCUT2D eigenvalue weighted by Crippen LogP contribution is -2.37. The van der Waals surface area contributed by atoms with Gasteiger partial charge in [0.2, 0.25) is 0 Å². The summed E-state index contributed by atoms with van der Waals surface area (Å²) >= 11 is 0. The monoisotopic (exact) mass is 328 g/mol. The van der Waals surface area contributed by atoms with Crippen LogP contribution < -0.4 is 0 Å². The highest BCUT2D eigenvalue weighted by Crippen LogP contribution is 2.23. The Labute approximate surface area is 141 Å². The molecule has 24 heavy (non-hydrogen) atoms. The van der Waals surface area contributed by atoms with Crippen molar-refractivity contribution >= 4 is 5.91 Å². The molecule has 1 aliphatic rings. The molecule has 1 atom stereocenters. The largest absolute Gasteiger partial charge is 0.376 e. The minimum atomic E-state index is -0.397. The van der Waals surface area contributed by atoms with Gasteiger partial charge in [0.05, 0.1) is 12.3 Å². The summed E-state index contributed by atoms with van der Waals surface area (Å²) < 4.78 is 19.6. The summed E-state index contributed by atoms with van der Waals surface area (Å²) in [7, 11) is 1.78. The number of aromatic nitrogens is 1. The molecule has 3 rings (SSSR count). The number of hydrogen-bond donors (Lipinski definition) is 0. The van der Waals surface area contributed by atoms with Crippen LogP contribution in [0.25, 0.3) is 11.1 Å². The third-order valence-electron chi connectivity index (χ3n) is 4.29. The van der Waals surface area contributed by atoms with E-state index in [1.807, 2.05) is 0 Å². The lowest BCUT2D eigenvalue weighted by molar-refractivity contribution is -0.000186. The summed E-state index contributed by atoms with van der Waals surface area (Å²) in [5.74, 6) is -0.480. The molecule has 2 heterocycles. The summed E-state index contributed by atoms with van der Waals surface area (Å²) in [6.07, 6.45) is 6.04. The number of ether oxygens (including phenoxy) is 1. The standard InChI is InChI=1S/C19H21FN2O2/c1-22(13-16-7-2-3-10-24-16)19(23)15-6-4-5-14(11-15)17-8-9-21-12-18(17)20/h4-6,8-9,11-12,16H,2-3,7,10,13H2,1H3/t16-/m0/s1. The van der Waals surface area contributed by atoms with Gasteiger partial charge >= 0.3 is 0 Å². The van der Waals surface area contributed by atoms with E-state index < -0.39 is 5.82 Å². The third kappa shape index (κ3) is 3.79. The van der Waals surface area contributed by atoms with E-state index in [0.717, 1.165) is 25.9 Å². The van der Waals surface area contributed by atoms with E-state index in [2.05, 4.69) is 4.98 Å². The minimum absolute atomic E-state index is 0.0829. The highest BCUT2D eigenvalue weighted by molar-refractivity contribution is 5.95. The molecular formula is C19H21FN2O2. The number of carbonyl (C=O) groups excluding carboxylic acids is 1. The third-order valence-corrected chi connectivity index (χ3v) is 4.29. The molecule has 1 fully saturated rings.